The number of fused-ring (bicyclic) bond motifs is 2. The number of hydrogen-bond donors (Lipinski definition) is 1. The highest BCUT2D eigenvalue weighted by Crippen LogP contribution is 2.48. The zero-order chi connectivity index (χ0) is 25.0. The lowest BCUT2D eigenvalue weighted by molar-refractivity contribution is -0.136. The summed E-state index contributed by atoms with van der Waals surface area (Å²) in [7, 11) is 1.38. The monoisotopic (exact) mass is 466 g/mol. The van der Waals surface area contributed by atoms with Crippen molar-refractivity contribution in [3.05, 3.63) is 105 Å². The molecule has 2 aliphatic rings. The van der Waals surface area contributed by atoms with Crippen molar-refractivity contribution in [2.24, 2.45) is 0 Å². The van der Waals surface area contributed by atoms with Crippen molar-refractivity contribution in [2.75, 3.05) is 7.11 Å². The number of dihydropyridines is 1. The van der Waals surface area contributed by atoms with Crippen molar-refractivity contribution in [1.29, 1.82) is 0 Å². The van der Waals surface area contributed by atoms with Gasteiger partial charge in [-0.25, -0.2) is 4.79 Å². The standard InChI is InChI=1S/C30H30N2O3/c1-16(2)20-11-13-21(14-12-20)32-17(3)15-24(19(32)5)26-25(30(34)35-6)18(4)31-28-22-9-7-8-10-23(22)29(33)27(26)28/h7-16,26,31H,1-6H3/t26-/m1/s1. The smallest absolute Gasteiger partial charge is 0.336 e. The van der Waals surface area contributed by atoms with Crippen LogP contribution in [0.2, 0.25) is 0 Å². The SMILES string of the molecule is COC(=O)C1=C(C)NC2=C(C(=O)c3ccccc32)[C@@H]1c1cc(C)n(-c2ccc(C(C)C)cc2)c1C. The molecule has 0 amide bonds. The van der Waals surface area contributed by atoms with Gasteiger partial charge in [-0.15, -0.1) is 0 Å². The van der Waals surface area contributed by atoms with Gasteiger partial charge in [0.1, 0.15) is 0 Å². The number of hydrogen-bond acceptors (Lipinski definition) is 4. The summed E-state index contributed by atoms with van der Waals surface area (Å²) in [5.41, 5.74) is 9.41. The van der Waals surface area contributed by atoms with Gasteiger partial charge in [0.25, 0.3) is 0 Å². The summed E-state index contributed by atoms with van der Waals surface area (Å²) in [6.07, 6.45) is 0. The first-order chi connectivity index (χ1) is 16.7. The number of esters is 1. The number of ether oxygens (including phenoxy) is 1. The van der Waals surface area contributed by atoms with Crippen LogP contribution in [0.4, 0.5) is 0 Å². The molecule has 0 saturated carbocycles. The maximum absolute atomic E-state index is 13.7. The van der Waals surface area contributed by atoms with E-state index in [2.05, 4.69) is 67.9 Å². The molecule has 1 N–H and O–H groups in total. The molecule has 0 radical (unpaired) electrons. The fourth-order valence-corrected chi connectivity index (χ4v) is 5.51. The van der Waals surface area contributed by atoms with Crippen molar-refractivity contribution in [3.8, 4) is 5.69 Å². The van der Waals surface area contributed by atoms with Crippen LogP contribution in [0.15, 0.2) is 71.4 Å². The van der Waals surface area contributed by atoms with E-state index in [1.165, 1.54) is 12.7 Å². The number of methoxy groups -OCH3 is 1. The van der Waals surface area contributed by atoms with E-state index in [0.717, 1.165) is 33.9 Å². The Morgan fingerprint density at radius 2 is 1.66 bits per heavy atom. The number of nitrogens with one attached hydrogen (secondary N) is 1. The largest absolute Gasteiger partial charge is 0.466 e. The van der Waals surface area contributed by atoms with Crippen LogP contribution in [0.5, 0.6) is 0 Å². The second kappa shape index (κ2) is 8.42. The van der Waals surface area contributed by atoms with E-state index >= 15 is 0 Å². The van der Waals surface area contributed by atoms with Crippen molar-refractivity contribution < 1.29 is 14.3 Å². The van der Waals surface area contributed by atoms with E-state index in [1.807, 2.05) is 31.2 Å². The molecule has 2 heterocycles. The van der Waals surface area contributed by atoms with Crippen LogP contribution in [0, 0.1) is 13.8 Å². The number of carbonyl (C=O) groups is 2. The van der Waals surface area contributed by atoms with Gasteiger partial charge in [0.15, 0.2) is 5.78 Å². The van der Waals surface area contributed by atoms with Crippen molar-refractivity contribution in [2.45, 2.75) is 46.5 Å². The summed E-state index contributed by atoms with van der Waals surface area (Å²) in [6.45, 7) is 10.3. The number of ketones is 1. The minimum absolute atomic E-state index is 0.0481. The Hall–Kier alpha value is -3.86. The van der Waals surface area contributed by atoms with Crippen LogP contribution in [0.1, 0.15) is 71.0 Å². The molecule has 178 valence electrons. The summed E-state index contributed by atoms with van der Waals surface area (Å²) in [6, 6.07) is 18.3. The maximum atomic E-state index is 13.7. The highest BCUT2D eigenvalue weighted by molar-refractivity contribution is 6.23. The number of nitrogens with zero attached hydrogens (tertiary/aromatic N) is 1. The number of aromatic nitrogens is 1. The first-order valence-electron chi connectivity index (χ1n) is 12.0. The first kappa shape index (κ1) is 22.9. The molecule has 1 aliphatic carbocycles. The number of aryl methyl sites for hydroxylation is 1. The summed E-state index contributed by atoms with van der Waals surface area (Å²) in [4.78, 5) is 26.7. The molecule has 1 aromatic heterocycles. The Kier molecular flexibility index (Phi) is 5.51. The zero-order valence-corrected chi connectivity index (χ0v) is 21.0. The van der Waals surface area contributed by atoms with E-state index in [0.29, 0.717) is 28.3 Å². The Bertz CT molecular complexity index is 1430. The average molecular weight is 467 g/mol. The fraction of sp³-hybridized carbons (Fsp3) is 0.267. The third kappa shape index (κ3) is 3.45. The average Bonchev–Trinajstić information content (AvgIpc) is 3.30. The summed E-state index contributed by atoms with van der Waals surface area (Å²) >= 11 is 0. The lowest BCUT2D eigenvalue weighted by atomic mass is 9.79. The molecule has 1 atom stereocenters. The lowest BCUT2D eigenvalue weighted by Crippen LogP contribution is -2.29. The molecule has 0 unspecified atom stereocenters. The minimum Gasteiger partial charge on any atom is -0.466 e. The summed E-state index contributed by atoms with van der Waals surface area (Å²) < 4.78 is 7.39. The molecule has 0 spiro atoms. The molecule has 2 aromatic carbocycles. The van der Waals surface area contributed by atoms with Crippen LogP contribution in [-0.4, -0.2) is 23.4 Å². The van der Waals surface area contributed by atoms with Crippen molar-refractivity contribution in [3.63, 3.8) is 0 Å². The van der Waals surface area contributed by atoms with Gasteiger partial charge in [-0.1, -0.05) is 50.2 Å². The van der Waals surface area contributed by atoms with Crippen LogP contribution in [-0.2, 0) is 9.53 Å². The van der Waals surface area contributed by atoms with Crippen molar-refractivity contribution >= 4 is 17.4 Å². The van der Waals surface area contributed by atoms with Gasteiger partial charge in [0.05, 0.1) is 24.3 Å². The van der Waals surface area contributed by atoms with E-state index in [9.17, 15) is 9.59 Å². The predicted octanol–water partition coefficient (Wildman–Crippen LogP) is 5.96. The van der Waals surface area contributed by atoms with Gasteiger partial charge in [-0.05, 0) is 56.0 Å². The number of allylic oxidation sites excluding steroid dienone is 2. The normalized spacial score (nSPS) is 17.0. The second-order valence-electron chi connectivity index (χ2n) is 9.66. The molecule has 0 saturated heterocycles. The van der Waals surface area contributed by atoms with Gasteiger partial charge in [-0.3, -0.25) is 4.79 Å². The number of Topliss-reactive ketones (excluding diaryl/α,β-unsaturated/α-hetero) is 1. The van der Waals surface area contributed by atoms with Crippen LogP contribution in [0.25, 0.3) is 11.4 Å². The second-order valence-corrected chi connectivity index (χ2v) is 9.66. The Balaban J connectivity index is 1.71. The molecule has 5 heteroatoms. The van der Waals surface area contributed by atoms with Gasteiger partial charge < -0.3 is 14.6 Å². The number of benzene rings is 2. The maximum Gasteiger partial charge on any atom is 0.336 e. The van der Waals surface area contributed by atoms with Gasteiger partial charge >= 0.3 is 5.97 Å². The van der Waals surface area contributed by atoms with Gasteiger partial charge in [0, 0.05) is 39.5 Å². The van der Waals surface area contributed by atoms with Crippen molar-refractivity contribution in [1.82, 2.24) is 9.88 Å². The topological polar surface area (TPSA) is 60.3 Å². The van der Waals surface area contributed by atoms with Gasteiger partial charge in [0.2, 0.25) is 0 Å². The number of rotatable bonds is 4. The Labute approximate surface area is 206 Å². The molecule has 0 fully saturated rings. The van der Waals surface area contributed by atoms with Gasteiger partial charge in [-0.2, -0.15) is 0 Å². The minimum atomic E-state index is -0.520. The molecule has 0 bridgehead atoms. The van der Waals surface area contributed by atoms with Crippen LogP contribution < -0.4 is 5.32 Å². The lowest BCUT2D eigenvalue weighted by Gasteiger charge is -2.29. The van der Waals surface area contributed by atoms with E-state index in [-0.39, 0.29) is 5.78 Å². The van der Waals surface area contributed by atoms with E-state index in [1.54, 1.807) is 0 Å². The molecule has 35 heavy (non-hydrogen) atoms. The Morgan fingerprint density at radius 1 is 1.00 bits per heavy atom. The predicted molar refractivity (Wildman–Crippen MR) is 138 cm³/mol. The highest BCUT2D eigenvalue weighted by atomic mass is 16.5. The zero-order valence-electron chi connectivity index (χ0n) is 21.0. The molecular formula is C30H30N2O3. The molecule has 5 nitrogen and oxygen atoms in total. The summed E-state index contributed by atoms with van der Waals surface area (Å²) in [5.74, 6) is -0.541. The quantitative estimate of drug-likeness (QED) is 0.482. The van der Waals surface area contributed by atoms with Crippen LogP contribution >= 0.6 is 0 Å². The first-order valence-corrected chi connectivity index (χ1v) is 12.0. The van der Waals surface area contributed by atoms with E-state index < -0.39 is 11.9 Å². The Morgan fingerprint density at radius 3 is 2.29 bits per heavy atom. The summed E-state index contributed by atoms with van der Waals surface area (Å²) in [5, 5.41) is 3.35. The molecule has 3 aromatic rings. The number of carbonyl (C=O) groups excluding carboxylic acids is 2. The van der Waals surface area contributed by atoms with E-state index in [4.69, 9.17) is 4.74 Å². The fourth-order valence-electron chi connectivity index (χ4n) is 5.51. The van der Waals surface area contributed by atoms with Crippen LogP contribution in [0.3, 0.4) is 0 Å². The third-order valence-electron chi connectivity index (χ3n) is 7.25. The molecular weight excluding hydrogens is 436 g/mol. The highest BCUT2D eigenvalue weighted by Gasteiger charge is 2.43. The molecule has 5 rings (SSSR count). The molecule has 1 aliphatic heterocycles. The third-order valence-corrected chi connectivity index (χ3v) is 7.25.